The number of nitrogens with two attached hydrogens (primary N) is 1. The zero-order chi connectivity index (χ0) is 16.3. The molecule has 0 saturated carbocycles. The fraction of sp³-hybridized carbons (Fsp3) is 0.429. The molecular formula is C21H29N. The molecule has 0 heterocycles. The van der Waals surface area contributed by atoms with Crippen LogP contribution in [0.1, 0.15) is 66.0 Å². The lowest BCUT2D eigenvalue weighted by atomic mass is 9.88. The van der Waals surface area contributed by atoms with E-state index in [-0.39, 0.29) is 0 Å². The summed E-state index contributed by atoms with van der Waals surface area (Å²) >= 11 is 0. The van der Waals surface area contributed by atoms with Gasteiger partial charge in [0, 0.05) is 11.6 Å². The number of hydrogen-bond acceptors (Lipinski definition) is 1. The Balaban J connectivity index is 2.35. The first-order chi connectivity index (χ1) is 10.4. The van der Waals surface area contributed by atoms with Crippen molar-refractivity contribution >= 4 is 5.69 Å². The fourth-order valence-electron chi connectivity index (χ4n) is 2.96. The van der Waals surface area contributed by atoms with Gasteiger partial charge in [-0.15, -0.1) is 0 Å². The highest BCUT2D eigenvalue weighted by Crippen LogP contribution is 2.30. The molecular weight excluding hydrogens is 266 g/mol. The molecule has 0 saturated heterocycles. The van der Waals surface area contributed by atoms with Gasteiger partial charge in [-0.1, -0.05) is 44.5 Å². The van der Waals surface area contributed by atoms with E-state index >= 15 is 0 Å². The van der Waals surface area contributed by atoms with Crippen LogP contribution in [0.3, 0.4) is 0 Å². The van der Waals surface area contributed by atoms with Crippen LogP contribution in [0.15, 0.2) is 30.3 Å². The summed E-state index contributed by atoms with van der Waals surface area (Å²) < 4.78 is 0. The summed E-state index contributed by atoms with van der Waals surface area (Å²) in [6, 6.07) is 11.3. The molecule has 1 heteroatoms. The van der Waals surface area contributed by atoms with E-state index in [1.807, 2.05) is 0 Å². The van der Waals surface area contributed by atoms with Gasteiger partial charge in [-0.2, -0.15) is 0 Å². The molecule has 2 rings (SSSR count). The van der Waals surface area contributed by atoms with Crippen LogP contribution in [0.25, 0.3) is 0 Å². The Morgan fingerprint density at radius 3 is 2.32 bits per heavy atom. The van der Waals surface area contributed by atoms with Gasteiger partial charge in [-0.3, -0.25) is 0 Å². The van der Waals surface area contributed by atoms with Crippen LogP contribution >= 0.6 is 0 Å². The predicted molar refractivity (Wildman–Crippen MR) is 97.6 cm³/mol. The third-order valence-corrected chi connectivity index (χ3v) is 4.90. The molecule has 0 aliphatic carbocycles. The summed E-state index contributed by atoms with van der Waals surface area (Å²) in [4.78, 5) is 0. The van der Waals surface area contributed by atoms with E-state index in [0.29, 0.717) is 5.92 Å². The smallest absolute Gasteiger partial charge is 0.0349 e. The van der Waals surface area contributed by atoms with E-state index in [4.69, 9.17) is 5.73 Å². The van der Waals surface area contributed by atoms with Crippen molar-refractivity contribution in [2.24, 2.45) is 0 Å². The molecule has 1 nitrogen and oxygen atoms in total. The first-order valence-electron chi connectivity index (χ1n) is 8.40. The van der Waals surface area contributed by atoms with E-state index in [1.54, 1.807) is 0 Å². The maximum absolute atomic E-state index is 6.16. The van der Waals surface area contributed by atoms with Crippen molar-refractivity contribution in [3.8, 4) is 0 Å². The molecule has 2 N–H and O–H groups in total. The van der Waals surface area contributed by atoms with Crippen molar-refractivity contribution in [1.29, 1.82) is 0 Å². The third-order valence-electron chi connectivity index (χ3n) is 4.90. The topological polar surface area (TPSA) is 26.0 Å². The molecule has 1 unspecified atom stereocenters. The quantitative estimate of drug-likeness (QED) is 0.705. The lowest BCUT2D eigenvalue weighted by molar-refractivity contribution is 0.787. The molecule has 0 bridgehead atoms. The van der Waals surface area contributed by atoms with Crippen molar-refractivity contribution in [3.63, 3.8) is 0 Å². The molecule has 0 fully saturated rings. The molecule has 2 aromatic rings. The summed E-state index contributed by atoms with van der Waals surface area (Å²) in [5.74, 6) is 0.377. The second-order valence-electron chi connectivity index (χ2n) is 6.56. The summed E-state index contributed by atoms with van der Waals surface area (Å²) in [6.07, 6.45) is 3.68. The first kappa shape index (κ1) is 16.6. The number of hydrogen-bond donors (Lipinski definition) is 1. The molecule has 0 aliphatic heterocycles. The van der Waals surface area contributed by atoms with E-state index in [9.17, 15) is 0 Å². The lowest BCUT2D eigenvalue weighted by Crippen LogP contribution is -2.02. The van der Waals surface area contributed by atoms with Crippen LogP contribution in [-0.2, 0) is 6.42 Å². The van der Waals surface area contributed by atoms with Crippen molar-refractivity contribution in [2.75, 3.05) is 5.73 Å². The maximum Gasteiger partial charge on any atom is 0.0349 e. The third kappa shape index (κ3) is 3.52. The summed E-state index contributed by atoms with van der Waals surface area (Å²) in [5.41, 5.74) is 15.1. The first-order valence-corrected chi connectivity index (χ1v) is 8.40. The van der Waals surface area contributed by atoms with Crippen LogP contribution in [-0.4, -0.2) is 0 Å². The number of benzene rings is 2. The van der Waals surface area contributed by atoms with Crippen LogP contribution in [0, 0.1) is 20.8 Å². The Kier molecular flexibility index (Phi) is 5.28. The van der Waals surface area contributed by atoms with Gasteiger partial charge in [0.15, 0.2) is 0 Å². The number of nitrogen functional groups attached to an aromatic ring is 1. The van der Waals surface area contributed by atoms with Gasteiger partial charge in [-0.05, 0) is 73.1 Å². The van der Waals surface area contributed by atoms with E-state index in [1.165, 1.54) is 52.6 Å². The van der Waals surface area contributed by atoms with Gasteiger partial charge in [0.25, 0.3) is 0 Å². The molecule has 1 atom stereocenters. The molecule has 0 aliphatic rings. The van der Waals surface area contributed by atoms with Crippen molar-refractivity contribution < 1.29 is 0 Å². The molecule has 0 amide bonds. The van der Waals surface area contributed by atoms with Crippen LogP contribution < -0.4 is 5.73 Å². The Morgan fingerprint density at radius 2 is 1.68 bits per heavy atom. The summed E-state index contributed by atoms with van der Waals surface area (Å²) in [7, 11) is 0. The standard InChI is InChI=1S/C21H29N/c1-6-7-8-18-12-19(10-9-14(18)2)17(5)20-11-15(3)16(4)21(22)13-20/h9-13,17H,6-8,22H2,1-5H3. The predicted octanol–water partition coefficient (Wildman–Crippen LogP) is 5.69. The van der Waals surface area contributed by atoms with Gasteiger partial charge in [-0.25, -0.2) is 0 Å². The van der Waals surface area contributed by atoms with E-state index in [0.717, 1.165) is 5.69 Å². The van der Waals surface area contributed by atoms with Crippen LogP contribution in [0.5, 0.6) is 0 Å². The highest BCUT2D eigenvalue weighted by atomic mass is 14.6. The molecule has 0 aromatic heterocycles. The van der Waals surface area contributed by atoms with Crippen molar-refractivity contribution in [1.82, 2.24) is 0 Å². The van der Waals surface area contributed by atoms with E-state index in [2.05, 4.69) is 65.0 Å². The highest BCUT2D eigenvalue weighted by molar-refractivity contribution is 5.54. The maximum atomic E-state index is 6.16. The number of rotatable bonds is 5. The Hall–Kier alpha value is -1.76. The minimum Gasteiger partial charge on any atom is -0.398 e. The minimum atomic E-state index is 0.377. The van der Waals surface area contributed by atoms with Crippen molar-refractivity contribution in [2.45, 2.75) is 59.8 Å². The molecule has 2 aromatic carbocycles. The monoisotopic (exact) mass is 295 g/mol. The normalized spacial score (nSPS) is 12.4. The SMILES string of the molecule is CCCCc1cc(C(C)c2cc(C)c(C)c(N)c2)ccc1C. The number of anilines is 1. The Bertz CT molecular complexity index is 632. The average molecular weight is 295 g/mol. The number of aryl methyl sites for hydroxylation is 3. The second-order valence-corrected chi connectivity index (χ2v) is 6.56. The van der Waals surface area contributed by atoms with Gasteiger partial charge in [0.2, 0.25) is 0 Å². The van der Waals surface area contributed by atoms with Gasteiger partial charge in [0.1, 0.15) is 0 Å². The van der Waals surface area contributed by atoms with Crippen LogP contribution in [0.4, 0.5) is 5.69 Å². The summed E-state index contributed by atoms with van der Waals surface area (Å²) in [5, 5.41) is 0. The van der Waals surface area contributed by atoms with Gasteiger partial charge >= 0.3 is 0 Å². The lowest BCUT2D eigenvalue weighted by Gasteiger charge is -2.18. The second kappa shape index (κ2) is 7.00. The van der Waals surface area contributed by atoms with E-state index < -0.39 is 0 Å². The van der Waals surface area contributed by atoms with Gasteiger partial charge in [0.05, 0.1) is 0 Å². The highest BCUT2D eigenvalue weighted by Gasteiger charge is 2.12. The molecule has 0 spiro atoms. The summed E-state index contributed by atoms with van der Waals surface area (Å²) in [6.45, 7) is 11.0. The van der Waals surface area contributed by atoms with Gasteiger partial charge < -0.3 is 5.73 Å². The molecule has 22 heavy (non-hydrogen) atoms. The average Bonchev–Trinajstić information content (AvgIpc) is 2.50. The Morgan fingerprint density at radius 1 is 0.955 bits per heavy atom. The minimum absolute atomic E-state index is 0.377. The Labute approximate surface area is 135 Å². The molecule has 118 valence electrons. The van der Waals surface area contributed by atoms with Crippen molar-refractivity contribution in [3.05, 3.63) is 63.7 Å². The fourth-order valence-corrected chi connectivity index (χ4v) is 2.96. The largest absolute Gasteiger partial charge is 0.398 e. The zero-order valence-corrected chi connectivity index (χ0v) is 14.7. The number of unbranched alkanes of at least 4 members (excludes halogenated alkanes) is 1. The zero-order valence-electron chi connectivity index (χ0n) is 14.7. The van der Waals surface area contributed by atoms with Crippen LogP contribution in [0.2, 0.25) is 0 Å². The molecule has 0 radical (unpaired) electrons.